The molecular formula is C16H15ClN2O2. The first-order valence-corrected chi connectivity index (χ1v) is 6.79. The summed E-state index contributed by atoms with van der Waals surface area (Å²) in [4.78, 5) is 12.0. The van der Waals surface area contributed by atoms with E-state index in [-0.39, 0.29) is 12.3 Å². The van der Waals surface area contributed by atoms with Crippen LogP contribution in [0.3, 0.4) is 0 Å². The van der Waals surface area contributed by atoms with E-state index < -0.39 is 0 Å². The van der Waals surface area contributed by atoms with Gasteiger partial charge in [-0.3, -0.25) is 4.79 Å². The highest BCUT2D eigenvalue weighted by molar-refractivity contribution is 6.30. The minimum Gasteiger partial charge on any atom is -0.411 e. The maximum absolute atomic E-state index is 12.0. The molecule has 0 saturated heterocycles. The van der Waals surface area contributed by atoms with Gasteiger partial charge in [-0.2, -0.15) is 0 Å². The second-order valence-electron chi connectivity index (χ2n) is 4.62. The lowest BCUT2D eigenvalue weighted by Gasteiger charge is -2.07. The molecule has 0 radical (unpaired) electrons. The van der Waals surface area contributed by atoms with Gasteiger partial charge in [-0.25, -0.2) is 0 Å². The number of anilines is 1. The van der Waals surface area contributed by atoms with Crippen LogP contribution in [0.4, 0.5) is 5.69 Å². The molecule has 4 nitrogen and oxygen atoms in total. The number of carbonyl (C=O) groups excluding carboxylic acids is 1. The summed E-state index contributed by atoms with van der Waals surface area (Å²) < 4.78 is 0. The third-order valence-corrected chi connectivity index (χ3v) is 3.24. The number of amides is 1. The van der Waals surface area contributed by atoms with E-state index in [9.17, 15) is 4.79 Å². The highest BCUT2D eigenvalue weighted by Crippen LogP contribution is 2.13. The fourth-order valence-electron chi connectivity index (χ4n) is 1.87. The largest absolute Gasteiger partial charge is 0.411 e. The Labute approximate surface area is 128 Å². The third kappa shape index (κ3) is 4.33. The first kappa shape index (κ1) is 15.1. The number of halogens is 1. The number of carbonyl (C=O) groups is 1. The van der Waals surface area contributed by atoms with E-state index in [2.05, 4.69) is 10.5 Å². The van der Waals surface area contributed by atoms with E-state index in [1.807, 2.05) is 18.2 Å². The first-order valence-electron chi connectivity index (χ1n) is 6.42. The van der Waals surface area contributed by atoms with Crippen LogP contribution in [0.5, 0.6) is 0 Å². The lowest BCUT2D eigenvalue weighted by Crippen LogP contribution is -2.14. The summed E-state index contributed by atoms with van der Waals surface area (Å²) in [6.07, 6.45) is 0.272. The maximum atomic E-state index is 12.0. The molecule has 0 atom stereocenters. The van der Waals surface area contributed by atoms with E-state index in [0.29, 0.717) is 16.4 Å². The average molecular weight is 303 g/mol. The van der Waals surface area contributed by atoms with Crippen molar-refractivity contribution in [2.75, 3.05) is 5.32 Å². The zero-order valence-corrected chi connectivity index (χ0v) is 12.3. The van der Waals surface area contributed by atoms with Crippen LogP contribution in [-0.4, -0.2) is 16.8 Å². The Morgan fingerprint density at radius 3 is 2.62 bits per heavy atom. The van der Waals surface area contributed by atoms with Crippen LogP contribution in [0.1, 0.15) is 18.1 Å². The van der Waals surface area contributed by atoms with Crippen molar-refractivity contribution in [2.45, 2.75) is 13.3 Å². The summed E-state index contributed by atoms with van der Waals surface area (Å²) in [5.74, 6) is -0.118. The predicted molar refractivity (Wildman–Crippen MR) is 84.2 cm³/mol. The van der Waals surface area contributed by atoms with Crippen molar-refractivity contribution in [3.63, 3.8) is 0 Å². The summed E-state index contributed by atoms with van der Waals surface area (Å²) in [6, 6.07) is 14.3. The Morgan fingerprint density at radius 1 is 1.24 bits per heavy atom. The van der Waals surface area contributed by atoms with Crippen molar-refractivity contribution in [1.82, 2.24) is 0 Å². The number of nitrogens with one attached hydrogen (secondary N) is 1. The van der Waals surface area contributed by atoms with Crippen molar-refractivity contribution in [3.8, 4) is 0 Å². The molecule has 0 bridgehead atoms. The molecule has 0 heterocycles. The molecule has 2 aromatic carbocycles. The molecule has 5 heteroatoms. The minimum atomic E-state index is -0.118. The SMILES string of the molecule is C/C(=N\O)c1cccc(NC(=O)Cc2ccc(Cl)cc2)c1. The number of hydrogen-bond acceptors (Lipinski definition) is 3. The molecule has 0 saturated carbocycles. The van der Waals surface area contributed by atoms with Gasteiger partial charge in [0.05, 0.1) is 12.1 Å². The molecule has 108 valence electrons. The van der Waals surface area contributed by atoms with Crippen LogP contribution >= 0.6 is 11.6 Å². The molecular weight excluding hydrogens is 288 g/mol. The molecule has 0 aromatic heterocycles. The lowest BCUT2D eigenvalue weighted by atomic mass is 10.1. The van der Waals surface area contributed by atoms with E-state index in [0.717, 1.165) is 11.1 Å². The summed E-state index contributed by atoms with van der Waals surface area (Å²) in [5.41, 5.74) is 2.79. The Balaban J connectivity index is 2.04. The molecule has 0 spiro atoms. The van der Waals surface area contributed by atoms with Crippen LogP contribution in [0.25, 0.3) is 0 Å². The van der Waals surface area contributed by atoms with E-state index >= 15 is 0 Å². The average Bonchev–Trinajstić information content (AvgIpc) is 2.49. The van der Waals surface area contributed by atoms with E-state index in [4.69, 9.17) is 16.8 Å². The molecule has 0 fully saturated rings. The van der Waals surface area contributed by atoms with Gasteiger partial charge in [0.15, 0.2) is 0 Å². The second kappa shape index (κ2) is 6.90. The second-order valence-corrected chi connectivity index (χ2v) is 5.05. The highest BCUT2D eigenvalue weighted by Gasteiger charge is 2.06. The smallest absolute Gasteiger partial charge is 0.228 e. The standard InChI is InChI=1S/C16H15ClN2O2/c1-11(19-21)13-3-2-4-15(10-13)18-16(20)9-12-5-7-14(17)8-6-12/h2-8,10,21H,9H2,1H3,(H,18,20)/b19-11+. The summed E-state index contributed by atoms with van der Waals surface area (Å²) in [5, 5.41) is 15.4. The van der Waals surface area contributed by atoms with Crippen molar-refractivity contribution in [2.24, 2.45) is 5.16 Å². The summed E-state index contributed by atoms with van der Waals surface area (Å²) in [6.45, 7) is 1.69. The molecule has 0 aliphatic heterocycles. The van der Waals surface area contributed by atoms with Crippen LogP contribution in [0.15, 0.2) is 53.7 Å². The number of oxime groups is 1. The monoisotopic (exact) mass is 302 g/mol. The molecule has 0 unspecified atom stereocenters. The fraction of sp³-hybridized carbons (Fsp3) is 0.125. The van der Waals surface area contributed by atoms with Gasteiger partial charge < -0.3 is 10.5 Å². The van der Waals surface area contributed by atoms with Gasteiger partial charge in [0, 0.05) is 16.3 Å². The van der Waals surface area contributed by atoms with Crippen molar-refractivity contribution in [1.29, 1.82) is 0 Å². The first-order chi connectivity index (χ1) is 10.1. The Kier molecular flexibility index (Phi) is 4.95. The predicted octanol–water partition coefficient (Wildman–Crippen LogP) is 3.72. The van der Waals surface area contributed by atoms with Crippen LogP contribution in [0.2, 0.25) is 5.02 Å². The highest BCUT2D eigenvalue weighted by atomic mass is 35.5. The van der Waals surface area contributed by atoms with Crippen molar-refractivity contribution < 1.29 is 10.0 Å². The van der Waals surface area contributed by atoms with E-state index in [1.165, 1.54) is 0 Å². The minimum absolute atomic E-state index is 0.118. The number of benzene rings is 2. The van der Waals surface area contributed by atoms with Crippen LogP contribution < -0.4 is 5.32 Å². The summed E-state index contributed by atoms with van der Waals surface area (Å²) >= 11 is 5.81. The van der Waals surface area contributed by atoms with E-state index in [1.54, 1.807) is 37.3 Å². The topological polar surface area (TPSA) is 61.7 Å². The van der Waals surface area contributed by atoms with Crippen LogP contribution in [0, 0.1) is 0 Å². The van der Waals surface area contributed by atoms with Gasteiger partial charge >= 0.3 is 0 Å². The molecule has 0 aliphatic carbocycles. The van der Waals surface area contributed by atoms with Gasteiger partial charge in [0.1, 0.15) is 0 Å². The Bertz CT molecular complexity index is 666. The van der Waals surface area contributed by atoms with Gasteiger partial charge in [-0.15, -0.1) is 0 Å². The lowest BCUT2D eigenvalue weighted by molar-refractivity contribution is -0.115. The van der Waals surface area contributed by atoms with Gasteiger partial charge in [-0.05, 0) is 36.8 Å². The molecule has 2 N–H and O–H groups in total. The Hall–Kier alpha value is -2.33. The Morgan fingerprint density at radius 2 is 1.95 bits per heavy atom. The zero-order chi connectivity index (χ0) is 15.2. The van der Waals surface area contributed by atoms with Crippen molar-refractivity contribution >= 4 is 28.9 Å². The third-order valence-electron chi connectivity index (χ3n) is 2.99. The van der Waals surface area contributed by atoms with Gasteiger partial charge in [0.2, 0.25) is 5.91 Å². The normalized spacial score (nSPS) is 11.2. The quantitative estimate of drug-likeness (QED) is 0.513. The number of hydrogen-bond donors (Lipinski definition) is 2. The van der Waals surface area contributed by atoms with Gasteiger partial charge in [0.25, 0.3) is 0 Å². The molecule has 0 aliphatic rings. The fourth-order valence-corrected chi connectivity index (χ4v) is 2.00. The molecule has 2 rings (SSSR count). The molecule has 2 aromatic rings. The number of rotatable bonds is 4. The number of nitrogens with zero attached hydrogens (tertiary/aromatic N) is 1. The van der Waals surface area contributed by atoms with Crippen LogP contribution in [-0.2, 0) is 11.2 Å². The zero-order valence-electron chi connectivity index (χ0n) is 11.5. The van der Waals surface area contributed by atoms with Crippen molar-refractivity contribution in [3.05, 3.63) is 64.7 Å². The molecule has 21 heavy (non-hydrogen) atoms. The molecule has 1 amide bonds. The maximum Gasteiger partial charge on any atom is 0.228 e. The summed E-state index contributed by atoms with van der Waals surface area (Å²) in [7, 11) is 0. The van der Waals surface area contributed by atoms with Gasteiger partial charge in [-0.1, -0.05) is 41.0 Å².